The van der Waals surface area contributed by atoms with Crippen molar-refractivity contribution in [1.29, 1.82) is 0 Å². The van der Waals surface area contributed by atoms with Gasteiger partial charge in [-0.1, -0.05) is 44.5 Å². The first-order valence-corrected chi connectivity index (χ1v) is 9.87. The number of amides is 1. The zero-order valence-electron chi connectivity index (χ0n) is 17.8. The Balaban J connectivity index is 1.81. The number of ether oxygens (including phenoxy) is 1. The summed E-state index contributed by atoms with van der Waals surface area (Å²) in [6.45, 7) is 11.7. The zero-order valence-corrected chi connectivity index (χ0v) is 17.8. The first-order valence-electron chi connectivity index (χ1n) is 9.87. The van der Waals surface area contributed by atoms with E-state index in [2.05, 4.69) is 5.32 Å². The molecule has 2 aromatic rings. The van der Waals surface area contributed by atoms with Crippen LogP contribution in [0.3, 0.4) is 0 Å². The van der Waals surface area contributed by atoms with Crippen LogP contribution in [0.5, 0.6) is 11.8 Å². The molecule has 0 saturated heterocycles. The molecule has 29 heavy (non-hydrogen) atoms. The minimum atomic E-state index is -0.986. The molecule has 0 spiro atoms. The van der Waals surface area contributed by atoms with Crippen LogP contribution in [0, 0.1) is 26.2 Å². The molecular formula is C23H28N2O4. The average Bonchev–Trinajstić information content (AvgIpc) is 3.24. The number of aryl methyl sites for hydroxylation is 3. The Kier molecular flexibility index (Phi) is 4.14. The van der Waals surface area contributed by atoms with Gasteiger partial charge in [-0.3, -0.25) is 9.36 Å². The normalized spacial score (nSPS) is 22.2. The highest BCUT2D eigenvalue weighted by Crippen LogP contribution is 2.58. The van der Waals surface area contributed by atoms with Crippen LogP contribution >= 0.6 is 0 Å². The lowest BCUT2D eigenvalue weighted by atomic mass is 9.88. The molecule has 1 aromatic heterocycles. The van der Waals surface area contributed by atoms with Crippen molar-refractivity contribution in [2.24, 2.45) is 5.41 Å². The third kappa shape index (κ3) is 2.77. The van der Waals surface area contributed by atoms with Crippen LogP contribution < -0.4 is 5.32 Å². The summed E-state index contributed by atoms with van der Waals surface area (Å²) in [7, 11) is 0. The molecule has 3 N–H and O–H groups in total. The van der Waals surface area contributed by atoms with E-state index in [4.69, 9.17) is 4.74 Å². The van der Waals surface area contributed by atoms with Gasteiger partial charge in [0, 0.05) is 5.41 Å². The maximum atomic E-state index is 12.4. The van der Waals surface area contributed by atoms with Crippen LogP contribution in [0.1, 0.15) is 54.7 Å². The summed E-state index contributed by atoms with van der Waals surface area (Å²) in [6.07, 6.45) is 3.28. The molecule has 0 saturated carbocycles. The van der Waals surface area contributed by atoms with Gasteiger partial charge in [-0.05, 0) is 38.0 Å². The SMILES string of the molecule is Cc1cc(C)c(-n2c(O)c3c(c2O)C2(CNC(=O)C(C)(C)C)C=CC3O2)c(C)c1. The standard InChI is InChI=1S/C23H28N2O4/c1-12-9-13(2)18(14(3)10-12)25-19(26)16-15-7-8-23(29-15,17(16)20(25)27)11-24-21(28)22(4,5)6/h7-10,15,26-27H,11H2,1-6H3,(H,24,28). The number of hydrogen-bond acceptors (Lipinski definition) is 4. The van der Waals surface area contributed by atoms with Crippen molar-refractivity contribution in [2.45, 2.75) is 53.2 Å². The molecule has 6 nitrogen and oxygen atoms in total. The number of aromatic nitrogens is 1. The van der Waals surface area contributed by atoms with Gasteiger partial charge < -0.3 is 20.3 Å². The number of aromatic hydroxyl groups is 2. The van der Waals surface area contributed by atoms with E-state index < -0.39 is 17.1 Å². The fraction of sp³-hybridized carbons (Fsp3) is 0.435. The molecule has 154 valence electrons. The summed E-state index contributed by atoms with van der Waals surface area (Å²) < 4.78 is 7.60. The number of carbonyl (C=O) groups is 1. The summed E-state index contributed by atoms with van der Waals surface area (Å²) >= 11 is 0. The van der Waals surface area contributed by atoms with E-state index in [1.54, 1.807) is 0 Å². The molecule has 4 rings (SSSR count). The van der Waals surface area contributed by atoms with Crippen molar-refractivity contribution in [1.82, 2.24) is 9.88 Å². The Morgan fingerprint density at radius 3 is 2.38 bits per heavy atom. The van der Waals surface area contributed by atoms with E-state index in [1.165, 1.54) is 4.57 Å². The van der Waals surface area contributed by atoms with Gasteiger partial charge in [0.05, 0.1) is 23.4 Å². The number of rotatable bonds is 3. The smallest absolute Gasteiger partial charge is 0.225 e. The number of nitrogens with zero attached hydrogens (tertiary/aromatic N) is 1. The Morgan fingerprint density at radius 1 is 1.17 bits per heavy atom. The second kappa shape index (κ2) is 6.13. The monoisotopic (exact) mass is 396 g/mol. The van der Waals surface area contributed by atoms with Gasteiger partial charge in [0.25, 0.3) is 0 Å². The minimum Gasteiger partial charge on any atom is -0.494 e. The van der Waals surface area contributed by atoms with Crippen LogP contribution in [-0.2, 0) is 15.1 Å². The number of benzene rings is 1. The predicted molar refractivity (Wildman–Crippen MR) is 110 cm³/mol. The predicted octanol–water partition coefficient (Wildman–Crippen LogP) is 3.81. The first kappa shape index (κ1) is 19.6. The van der Waals surface area contributed by atoms with E-state index in [0.717, 1.165) is 22.4 Å². The van der Waals surface area contributed by atoms with Crippen molar-refractivity contribution >= 4 is 5.91 Å². The molecule has 2 atom stereocenters. The van der Waals surface area contributed by atoms with E-state index in [1.807, 2.05) is 65.8 Å². The maximum Gasteiger partial charge on any atom is 0.225 e. The third-order valence-electron chi connectivity index (χ3n) is 5.79. The van der Waals surface area contributed by atoms with Crippen molar-refractivity contribution in [3.05, 3.63) is 52.1 Å². The molecule has 2 aliphatic heterocycles. The summed E-state index contributed by atoms with van der Waals surface area (Å²) in [5.41, 5.74) is 3.36. The van der Waals surface area contributed by atoms with Crippen molar-refractivity contribution in [2.75, 3.05) is 6.54 Å². The Bertz CT molecular complexity index is 1030. The first-order chi connectivity index (χ1) is 13.5. The Labute approximate surface area is 170 Å². The molecule has 0 fully saturated rings. The highest BCUT2D eigenvalue weighted by molar-refractivity contribution is 5.81. The molecule has 1 amide bonds. The van der Waals surface area contributed by atoms with E-state index in [0.29, 0.717) is 11.1 Å². The van der Waals surface area contributed by atoms with Crippen molar-refractivity contribution in [3.63, 3.8) is 0 Å². The molecule has 3 heterocycles. The number of fused-ring (bicyclic) bond motifs is 5. The van der Waals surface area contributed by atoms with Crippen LogP contribution in [0.25, 0.3) is 5.69 Å². The molecule has 6 heteroatoms. The van der Waals surface area contributed by atoms with Crippen LogP contribution in [0.4, 0.5) is 0 Å². The lowest BCUT2D eigenvalue weighted by molar-refractivity contribution is -0.129. The van der Waals surface area contributed by atoms with Gasteiger partial charge in [0.2, 0.25) is 17.7 Å². The second-order valence-corrected chi connectivity index (χ2v) is 9.24. The third-order valence-corrected chi connectivity index (χ3v) is 5.79. The lowest BCUT2D eigenvalue weighted by Gasteiger charge is -2.27. The van der Waals surface area contributed by atoms with Crippen molar-refractivity contribution < 1.29 is 19.7 Å². The fourth-order valence-electron chi connectivity index (χ4n) is 4.50. The van der Waals surface area contributed by atoms with Gasteiger partial charge in [-0.15, -0.1) is 0 Å². The summed E-state index contributed by atoms with van der Waals surface area (Å²) in [6, 6.07) is 4.05. The number of carbonyl (C=O) groups excluding carboxylic acids is 1. The number of hydrogen-bond donors (Lipinski definition) is 3. The zero-order chi connectivity index (χ0) is 21.3. The maximum absolute atomic E-state index is 12.4. The van der Waals surface area contributed by atoms with Gasteiger partial charge in [-0.2, -0.15) is 0 Å². The van der Waals surface area contributed by atoms with Gasteiger partial charge in [-0.25, -0.2) is 0 Å². The summed E-state index contributed by atoms with van der Waals surface area (Å²) in [5.74, 6) is -0.176. The molecule has 2 bridgehead atoms. The summed E-state index contributed by atoms with van der Waals surface area (Å²) in [5, 5.41) is 25.2. The van der Waals surface area contributed by atoms with E-state index in [-0.39, 0.29) is 24.2 Å². The minimum absolute atomic E-state index is 0.0223. The largest absolute Gasteiger partial charge is 0.494 e. The second-order valence-electron chi connectivity index (χ2n) is 9.24. The van der Waals surface area contributed by atoms with Gasteiger partial charge >= 0.3 is 0 Å². The van der Waals surface area contributed by atoms with E-state index in [9.17, 15) is 15.0 Å². The molecule has 0 aliphatic carbocycles. The van der Waals surface area contributed by atoms with Crippen LogP contribution in [0.15, 0.2) is 24.3 Å². The summed E-state index contributed by atoms with van der Waals surface area (Å²) in [4.78, 5) is 12.4. The average molecular weight is 396 g/mol. The van der Waals surface area contributed by atoms with E-state index >= 15 is 0 Å². The molecule has 2 aliphatic rings. The highest BCUT2D eigenvalue weighted by atomic mass is 16.5. The fourth-order valence-corrected chi connectivity index (χ4v) is 4.50. The van der Waals surface area contributed by atoms with Gasteiger partial charge in [0.15, 0.2) is 0 Å². The van der Waals surface area contributed by atoms with Crippen LogP contribution in [0.2, 0.25) is 0 Å². The quantitative estimate of drug-likeness (QED) is 0.689. The Morgan fingerprint density at radius 2 is 1.79 bits per heavy atom. The number of nitrogens with one attached hydrogen (secondary N) is 1. The van der Waals surface area contributed by atoms with Gasteiger partial charge in [0.1, 0.15) is 11.7 Å². The van der Waals surface area contributed by atoms with Crippen LogP contribution in [-0.4, -0.2) is 27.2 Å². The molecule has 1 aromatic carbocycles. The Hall–Kier alpha value is -2.73. The molecule has 2 unspecified atom stereocenters. The lowest BCUT2D eigenvalue weighted by Crippen LogP contribution is -2.43. The highest BCUT2D eigenvalue weighted by Gasteiger charge is 2.53. The molecule has 0 radical (unpaired) electrons. The molecular weight excluding hydrogens is 368 g/mol. The topological polar surface area (TPSA) is 83.7 Å². The van der Waals surface area contributed by atoms with Crippen molar-refractivity contribution in [3.8, 4) is 17.4 Å².